The Balaban J connectivity index is -0.0000000480. The summed E-state index contributed by atoms with van der Waals surface area (Å²) in [6.07, 6.45) is 0. The molecular formula is C4H7NiO2-. The SMILES string of the molecule is CC(=O)O.[CH-]=C.[Ni]. The number of aliphatic carboxylic acids is 1. The third-order valence-electron chi connectivity index (χ3n) is 0. The van der Waals surface area contributed by atoms with Crippen molar-refractivity contribution < 1.29 is 26.4 Å². The summed E-state index contributed by atoms with van der Waals surface area (Å²) in [4.78, 5) is 9.00. The minimum absolute atomic E-state index is 0. The molecule has 0 fully saturated rings. The van der Waals surface area contributed by atoms with Gasteiger partial charge in [0.2, 0.25) is 0 Å². The molecule has 0 aromatic carbocycles. The summed E-state index contributed by atoms with van der Waals surface area (Å²) < 4.78 is 0. The molecule has 0 aromatic heterocycles. The molecule has 0 saturated heterocycles. The Labute approximate surface area is 53.2 Å². The molecule has 0 rings (SSSR count). The van der Waals surface area contributed by atoms with Crippen LogP contribution in [0.25, 0.3) is 0 Å². The fourth-order valence-corrected chi connectivity index (χ4v) is 0. The molecule has 0 heterocycles. The van der Waals surface area contributed by atoms with Crippen LogP contribution in [0.3, 0.4) is 0 Å². The molecule has 0 aromatic rings. The molecule has 0 saturated carbocycles. The number of carbonyl (C=O) groups is 1. The molecule has 3 heteroatoms. The van der Waals surface area contributed by atoms with Crippen LogP contribution in [-0.2, 0) is 21.3 Å². The number of hydrogen-bond acceptors (Lipinski definition) is 1. The predicted molar refractivity (Wildman–Crippen MR) is 23.2 cm³/mol. The molecule has 0 bridgehead atoms. The summed E-state index contributed by atoms with van der Waals surface area (Å²) in [6.45, 7) is 8.08. The molecular weight excluding hydrogens is 139 g/mol. The van der Waals surface area contributed by atoms with E-state index in [9.17, 15) is 0 Å². The van der Waals surface area contributed by atoms with Gasteiger partial charge in [-0.05, 0) is 0 Å². The predicted octanol–water partition coefficient (Wildman–Crippen LogP) is 0.694. The maximum Gasteiger partial charge on any atom is 0.300 e. The van der Waals surface area contributed by atoms with Crippen molar-refractivity contribution in [2.24, 2.45) is 0 Å². The molecule has 0 radical (unpaired) electrons. The first-order valence-corrected chi connectivity index (χ1v) is 1.34. The Hall–Kier alpha value is -0.296. The summed E-state index contributed by atoms with van der Waals surface area (Å²) in [7, 11) is 0. The second-order valence-corrected chi connectivity index (χ2v) is 0.519. The van der Waals surface area contributed by atoms with E-state index in [2.05, 4.69) is 13.2 Å². The first-order chi connectivity index (χ1) is 2.73. The van der Waals surface area contributed by atoms with E-state index in [1.807, 2.05) is 0 Å². The van der Waals surface area contributed by atoms with E-state index >= 15 is 0 Å². The van der Waals surface area contributed by atoms with E-state index < -0.39 is 5.97 Å². The molecule has 0 spiro atoms. The minimum Gasteiger partial charge on any atom is -0.521 e. The van der Waals surface area contributed by atoms with Crippen molar-refractivity contribution in [3.8, 4) is 0 Å². The zero-order chi connectivity index (χ0) is 5.58. The molecule has 0 aliphatic rings. The van der Waals surface area contributed by atoms with Gasteiger partial charge in [0.15, 0.2) is 0 Å². The van der Waals surface area contributed by atoms with Gasteiger partial charge in [0, 0.05) is 23.4 Å². The molecule has 0 unspecified atom stereocenters. The summed E-state index contributed by atoms with van der Waals surface area (Å²) in [6, 6.07) is 0. The molecule has 0 aliphatic carbocycles. The molecule has 0 atom stereocenters. The molecule has 0 amide bonds. The van der Waals surface area contributed by atoms with E-state index in [0.29, 0.717) is 0 Å². The maximum absolute atomic E-state index is 9.00. The third-order valence-corrected chi connectivity index (χ3v) is 0. The van der Waals surface area contributed by atoms with Crippen LogP contribution in [0.4, 0.5) is 0 Å². The number of carboxylic acids is 1. The van der Waals surface area contributed by atoms with Gasteiger partial charge < -0.3 is 11.7 Å². The Morgan fingerprint density at radius 1 is 1.71 bits per heavy atom. The fraction of sp³-hybridized carbons (Fsp3) is 0.250. The van der Waals surface area contributed by atoms with Crippen molar-refractivity contribution in [3.63, 3.8) is 0 Å². The Bertz CT molecular complexity index is 41.0. The van der Waals surface area contributed by atoms with Crippen molar-refractivity contribution in [2.75, 3.05) is 0 Å². The standard InChI is InChI=1S/C2H4O2.C2H3.Ni/c1-2(3)4;1-2;/h1H3,(H,3,4);1H,2H2;/q;-1;. The van der Waals surface area contributed by atoms with Gasteiger partial charge in [0.05, 0.1) is 0 Å². The Morgan fingerprint density at radius 3 is 1.71 bits per heavy atom. The van der Waals surface area contributed by atoms with E-state index in [-0.39, 0.29) is 16.5 Å². The first kappa shape index (κ1) is 15.9. The van der Waals surface area contributed by atoms with Gasteiger partial charge >= 0.3 is 0 Å². The summed E-state index contributed by atoms with van der Waals surface area (Å²) >= 11 is 0. The van der Waals surface area contributed by atoms with Crippen LogP contribution in [0, 0.1) is 6.58 Å². The van der Waals surface area contributed by atoms with Gasteiger partial charge in [0.1, 0.15) is 0 Å². The number of rotatable bonds is 0. The maximum atomic E-state index is 9.00. The van der Waals surface area contributed by atoms with Crippen molar-refractivity contribution >= 4 is 5.97 Å². The summed E-state index contributed by atoms with van der Waals surface area (Å²) in [5.74, 6) is -0.833. The normalized spacial score (nSPS) is 4.14. The Kier molecular flexibility index (Phi) is 39.2. The van der Waals surface area contributed by atoms with Gasteiger partial charge in [0.25, 0.3) is 5.97 Å². The van der Waals surface area contributed by atoms with Crippen LogP contribution in [0.15, 0.2) is 6.58 Å². The second kappa shape index (κ2) is 17.3. The van der Waals surface area contributed by atoms with Crippen LogP contribution < -0.4 is 0 Å². The largest absolute Gasteiger partial charge is 0.521 e. The van der Waals surface area contributed by atoms with Crippen molar-refractivity contribution in [1.29, 1.82) is 0 Å². The van der Waals surface area contributed by atoms with E-state index in [0.717, 1.165) is 6.92 Å². The Morgan fingerprint density at radius 2 is 1.71 bits per heavy atom. The fourth-order valence-electron chi connectivity index (χ4n) is 0. The first-order valence-electron chi connectivity index (χ1n) is 1.34. The summed E-state index contributed by atoms with van der Waals surface area (Å²) in [5, 5.41) is 7.42. The monoisotopic (exact) mass is 145 g/mol. The molecule has 1 N–H and O–H groups in total. The smallest absolute Gasteiger partial charge is 0.300 e. The van der Waals surface area contributed by atoms with Crippen molar-refractivity contribution in [1.82, 2.24) is 0 Å². The molecule has 46 valence electrons. The zero-order valence-electron chi connectivity index (χ0n) is 3.96. The van der Waals surface area contributed by atoms with Crippen LogP contribution in [0.1, 0.15) is 6.92 Å². The summed E-state index contributed by atoms with van der Waals surface area (Å²) in [5.41, 5.74) is 0. The van der Waals surface area contributed by atoms with E-state index in [1.54, 1.807) is 0 Å². The minimum atomic E-state index is -0.833. The van der Waals surface area contributed by atoms with Gasteiger partial charge in [-0.15, -0.1) is 0 Å². The third kappa shape index (κ3) is 890. The van der Waals surface area contributed by atoms with Gasteiger partial charge in [-0.25, -0.2) is 0 Å². The quantitative estimate of drug-likeness (QED) is 0.403. The van der Waals surface area contributed by atoms with Gasteiger partial charge in [-0.3, -0.25) is 11.4 Å². The number of hydrogen-bond donors (Lipinski definition) is 1. The number of carboxylic acid groups (broad SMARTS) is 1. The van der Waals surface area contributed by atoms with Crippen molar-refractivity contribution in [2.45, 2.75) is 6.92 Å². The molecule has 0 aliphatic heterocycles. The molecule has 2 nitrogen and oxygen atoms in total. The average molecular weight is 146 g/mol. The topological polar surface area (TPSA) is 37.3 Å². The zero-order valence-corrected chi connectivity index (χ0v) is 4.94. The van der Waals surface area contributed by atoms with E-state index in [1.165, 1.54) is 0 Å². The van der Waals surface area contributed by atoms with Gasteiger partial charge in [-0.2, -0.15) is 0 Å². The van der Waals surface area contributed by atoms with Crippen LogP contribution in [0.5, 0.6) is 0 Å². The van der Waals surface area contributed by atoms with Crippen LogP contribution >= 0.6 is 0 Å². The van der Waals surface area contributed by atoms with Crippen LogP contribution in [-0.4, -0.2) is 11.1 Å². The van der Waals surface area contributed by atoms with Crippen molar-refractivity contribution in [3.05, 3.63) is 13.2 Å². The van der Waals surface area contributed by atoms with Crippen LogP contribution in [0.2, 0.25) is 0 Å². The van der Waals surface area contributed by atoms with Gasteiger partial charge in [-0.1, -0.05) is 0 Å². The second-order valence-electron chi connectivity index (χ2n) is 0.519. The van der Waals surface area contributed by atoms with E-state index in [4.69, 9.17) is 9.90 Å². The average Bonchev–Trinajstić information content (AvgIpc) is 1.41. The molecule has 7 heavy (non-hydrogen) atoms.